The maximum Gasteiger partial charge on any atom is 0.0646 e. The van der Waals surface area contributed by atoms with Crippen LogP contribution in [0.25, 0.3) is 0 Å². The molecule has 0 spiro atoms. The fourth-order valence-electron chi connectivity index (χ4n) is 2.65. The predicted molar refractivity (Wildman–Crippen MR) is 72.6 cm³/mol. The largest absolute Gasteiger partial charge is 0.382 e. The Labute approximate surface area is 104 Å². The minimum absolute atomic E-state index is 0.00872. The van der Waals surface area contributed by atoms with Crippen molar-refractivity contribution in [2.24, 2.45) is 0 Å². The van der Waals surface area contributed by atoms with Crippen molar-refractivity contribution in [1.29, 1.82) is 0 Å². The molecule has 0 aliphatic carbocycles. The molecule has 1 aromatic rings. The molecule has 2 nitrogen and oxygen atoms in total. The summed E-state index contributed by atoms with van der Waals surface area (Å²) in [6, 6.07) is 7.17. The van der Waals surface area contributed by atoms with E-state index >= 15 is 0 Å². The summed E-state index contributed by atoms with van der Waals surface area (Å²) in [6.45, 7) is 9.48. The Bertz CT molecular complexity index is 378. The van der Waals surface area contributed by atoms with Gasteiger partial charge in [0.2, 0.25) is 0 Å². The summed E-state index contributed by atoms with van der Waals surface area (Å²) in [5.41, 5.74) is 3.89. The van der Waals surface area contributed by atoms with Crippen LogP contribution in [0.3, 0.4) is 0 Å². The van der Waals surface area contributed by atoms with Gasteiger partial charge in [-0.3, -0.25) is 0 Å². The van der Waals surface area contributed by atoms with Crippen molar-refractivity contribution in [3.63, 3.8) is 0 Å². The molecule has 2 rings (SSSR count). The molecule has 1 saturated heterocycles. The third-order valence-corrected chi connectivity index (χ3v) is 3.29. The average Bonchev–Trinajstić information content (AvgIpc) is 2.13. The molecule has 1 fully saturated rings. The summed E-state index contributed by atoms with van der Waals surface area (Å²) in [5, 5.41) is 3.64. The molecule has 1 atom stereocenters. The number of anilines is 1. The molecule has 0 bridgehead atoms. The molecule has 94 valence electrons. The molecular formula is C15H23NO. The van der Waals surface area contributed by atoms with Crippen molar-refractivity contribution in [1.82, 2.24) is 0 Å². The van der Waals surface area contributed by atoms with Crippen molar-refractivity contribution in [2.45, 2.75) is 52.2 Å². The number of aryl methyl sites for hydroxylation is 2. The Kier molecular flexibility index (Phi) is 3.43. The lowest BCUT2D eigenvalue weighted by atomic mass is 9.93. The van der Waals surface area contributed by atoms with E-state index in [0.29, 0.717) is 6.04 Å². The second-order valence-corrected chi connectivity index (χ2v) is 5.82. The maximum absolute atomic E-state index is 5.74. The van der Waals surface area contributed by atoms with Gasteiger partial charge in [0.25, 0.3) is 0 Å². The summed E-state index contributed by atoms with van der Waals surface area (Å²) in [6.07, 6.45) is 2.16. The Morgan fingerprint density at radius 3 is 2.41 bits per heavy atom. The zero-order valence-electron chi connectivity index (χ0n) is 11.3. The van der Waals surface area contributed by atoms with Gasteiger partial charge in [-0.1, -0.05) is 6.07 Å². The van der Waals surface area contributed by atoms with E-state index in [9.17, 15) is 0 Å². The van der Waals surface area contributed by atoms with Gasteiger partial charge in [-0.25, -0.2) is 0 Å². The predicted octanol–water partition coefficient (Wildman–Crippen LogP) is 3.67. The van der Waals surface area contributed by atoms with E-state index in [-0.39, 0.29) is 5.60 Å². The van der Waals surface area contributed by atoms with E-state index in [1.807, 2.05) is 0 Å². The zero-order valence-corrected chi connectivity index (χ0v) is 11.3. The van der Waals surface area contributed by atoms with Crippen LogP contribution >= 0.6 is 0 Å². The minimum Gasteiger partial charge on any atom is -0.382 e. The highest BCUT2D eigenvalue weighted by atomic mass is 16.5. The van der Waals surface area contributed by atoms with Crippen LogP contribution in [-0.4, -0.2) is 18.2 Å². The molecule has 1 unspecified atom stereocenters. The van der Waals surface area contributed by atoms with E-state index in [0.717, 1.165) is 19.4 Å². The first-order chi connectivity index (χ1) is 7.94. The maximum atomic E-state index is 5.74. The van der Waals surface area contributed by atoms with Crippen LogP contribution in [0.1, 0.15) is 37.8 Å². The lowest BCUT2D eigenvalue weighted by Gasteiger charge is -2.36. The van der Waals surface area contributed by atoms with Gasteiger partial charge in [0.1, 0.15) is 0 Å². The standard InChI is InChI=1S/C15H23NO/c1-11-7-12(2)9-14(8-11)16-13-5-6-17-15(3,4)10-13/h7-9,13,16H,5-6,10H2,1-4H3. The Hall–Kier alpha value is -1.02. The van der Waals surface area contributed by atoms with Gasteiger partial charge in [0.15, 0.2) is 0 Å². The summed E-state index contributed by atoms with van der Waals surface area (Å²) in [4.78, 5) is 0. The summed E-state index contributed by atoms with van der Waals surface area (Å²) in [7, 11) is 0. The van der Waals surface area contributed by atoms with Gasteiger partial charge in [0.05, 0.1) is 5.60 Å². The van der Waals surface area contributed by atoms with E-state index in [4.69, 9.17) is 4.74 Å². The lowest BCUT2D eigenvalue weighted by Crippen LogP contribution is -2.40. The molecule has 1 N–H and O–H groups in total. The molecule has 0 saturated carbocycles. The van der Waals surface area contributed by atoms with Crippen molar-refractivity contribution >= 4 is 5.69 Å². The van der Waals surface area contributed by atoms with Crippen LogP contribution < -0.4 is 5.32 Å². The first kappa shape index (κ1) is 12.4. The number of benzene rings is 1. The molecular weight excluding hydrogens is 210 g/mol. The lowest BCUT2D eigenvalue weighted by molar-refractivity contribution is -0.0553. The van der Waals surface area contributed by atoms with Crippen molar-refractivity contribution in [3.05, 3.63) is 29.3 Å². The van der Waals surface area contributed by atoms with Gasteiger partial charge < -0.3 is 10.1 Å². The molecule has 0 amide bonds. The van der Waals surface area contributed by atoms with Crippen LogP contribution in [0.4, 0.5) is 5.69 Å². The van der Waals surface area contributed by atoms with E-state index in [2.05, 4.69) is 51.2 Å². The Balaban J connectivity index is 2.05. The second-order valence-electron chi connectivity index (χ2n) is 5.82. The van der Waals surface area contributed by atoms with E-state index < -0.39 is 0 Å². The number of hydrogen-bond donors (Lipinski definition) is 1. The fourth-order valence-corrected chi connectivity index (χ4v) is 2.65. The van der Waals surface area contributed by atoms with Gasteiger partial charge in [-0.15, -0.1) is 0 Å². The highest BCUT2D eigenvalue weighted by Crippen LogP contribution is 2.26. The van der Waals surface area contributed by atoms with Crippen molar-refractivity contribution in [3.8, 4) is 0 Å². The highest BCUT2D eigenvalue weighted by molar-refractivity contribution is 5.49. The quantitative estimate of drug-likeness (QED) is 0.841. The minimum atomic E-state index is 0.00872. The summed E-state index contributed by atoms with van der Waals surface area (Å²) < 4.78 is 5.74. The third kappa shape index (κ3) is 3.47. The van der Waals surface area contributed by atoms with Gasteiger partial charge >= 0.3 is 0 Å². The van der Waals surface area contributed by atoms with Crippen LogP contribution in [0, 0.1) is 13.8 Å². The molecule has 2 heteroatoms. The van der Waals surface area contributed by atoms with Crippen LogP contribution in [0.2, 0.25) is 0 Å². The molecule has 1 heterocycles. The number of rotatable bonds is 2. The Morgan fingerprint density at radius 1 is 1.18 bits per heavy atom. The van der Waals surface area contributed by atoms with Crippen molar-refractivity contribution in [2.75, 3.05) is 11.9 Å². The Morgan fingerprint density at radius 2 is 1.82 bits per heavy atom. The van der Waals surface area contributed by atoms with E-state index in [1.54, 1.807) is 0 Å². The number of ether oxygens (including phenoxy) is 1. The first-order valence-electron chi connectivity index (χ1n) is 6.43. The fraction of sp³-hybridized carbons (Fsp3) is 0.600. The molecule has 0 aromatic heterocycles. The van der Waals surface area contributed by atoms with Crippen molar-refractivity contribution < 1.29 is 4.74 Å². The average molecular weight is 233 g/mol. The molecule has 0 radical (unpaired) electrons. The molecule has 1 aromatic carbocycles. The van der Waals surface area contributed by atoms with E-state index in [1.165, 1.54) is 16.8 Å². The number of nitrogens with one attached hydrogen (secondary N) is 1. The summed E-state index contributed by atoms with van der Waals surface area (Å²) in [5.74, 6) is 0. The molecule has 1 aliphatic heterocycles. The van der Waals surface area contributed by atoms with Gasteiger partial charge in [-0.05, 0) is 63.8 Å². The third-order valence-electron chi connectivity index (χ3n) is 3.29. The number of hydrogen-bond acceptors (Lipinski definition) is 2. The van der Waals surface area contributed by atoms with Crippen LogP contribution in [0.5, 0.6) is 0 Å². The van der Waals surface area contributed by atoms with Crippen LogP contribution in [-0.2, 0) is 4.74 Å². The van der Waals surface area contributed by atoms with Gasteiger partial charge in [0, 0.05) is 18.3 Å². The zero-order chi connectivity index (χ0) is 12.5. The molecule has 17 heavy (non-hydrogen) atoms. The molecule has 1 aliphatic rings. The topological polar surface area (TPSA) is 21.3 Å². The van der Waals surface area contributed by atoms with Gasteiger partial charge in [-0.2, -0.15) is 0 Å². The summed E-state index contributed by atoms with van der Waals surface area (Å²) >= 11 is 0. The second kappa shape index (κ2) is 4.69. The first-order valence-corrected chi connectivity index (χ1v) is 6.43. The smallest absolute Gasteiger partial charge is 0.0646 e. The SMILES string of the molecule is Cc1cc(C)cc(NC2CCOC(C)(C)C2)c1. The normalized spacial score (nSPS) is 23.4. The highest BCUT2D eigenvalue weighted by Gasteiger charge is 2.28. The van der Waals surface area contributed by atoms with Crippen LogP contribution in [0.15, 0.2) is 18.2 Å². The monoisotopic (exact) mass is 233 g/mol.